The minimum absolute atomic E-state index is 0.119. The molecule has 2 aromatic rings. The molecule has 0 aliphatic carbocycles. The van der Waals surface area contributed by atoms with Gasteiger partial charge in [-0.2, -0.15) is 5.10 Å². The van der Waals surface area contributed by atoms with Gasteiger partial charge in [0.05, 0.1) is 18.9 Å². The Morgan fingerprint density at radius 3 is 3.00 bits per heavy atom. The maximum Gasteiger partial charge on any atom is 0.231 e. The van der Waals surface area contributed by atoms with E-state index in [1.807, 2.05) is 13.1 Å². The largest absolute Gasteiger partial charge is 0.497 e. The van der Waals surface area contributed by atoms with Crippen molar-refractivity contribution in [3.05, 3.63) is 47.5 Å². The van der Waals surface area contributed by atoms with Gasteiger partial charge in [0.1, 0.15) is 11.5 Å². The summed E-state index contributed by atoms with van der Waals surface area (Å²) in [5, 5.41) is 4.16. The van der Waals surface area contributed by atoms with E-state index in [1.165, 1.54) is 0 Å². The number of hydrogen-bond acceptors (Lipinski definition) is 4. The average molecular weight is 270 g/mol. The lowest BCUT2D eigenvalue weighted by Gasteiger charge is -2.01. The van der Waals surface area contributed by atoms with Crippen LogP contribution >= 0.6 is 0 Å². The third-order valence-corrected chi connectivity index (χ3v) is 3.15. The van der Waals surface area contributed by atoms with Gasteiger partial charge >= 0.3 is 0 Å². The van der Waals surface area contributed by atoms with E-state index in [4.69, 9.17) is 9.47 Å². The summed E-state index contributed by atoms with van der Waals surface area (Å²) in [5.74, 6) is 1.39. The molecule has 1 aliphatic rings. The van der Waals surface area contributed by atoms with Crippen molar-refractivity contribution in [2.24, 2.45) is 0 Å². The Morgan fingerprint density at radius 1 is 1.45 bits per heavy atom. The first-order chi connectivity index (χ1) is 9.71. The smallest absolute Gasteiger partial charge is 0.231 e. The van der Waals surface area contributed by atoms with E-state index in [1.54, 1.807) is 42.3 Å². The summed E-state index contributed by atoms with van der Waals surface area (Å²) in [6, 6.07) is 5.18. The van der Waals surface area contributed by atoms with E-state index in [0.717, 1.165) is 12.1 Å². The number of Topliss-reactive ketones (excluding diaryl/α,β-unsaturated/α-hetero) is 1. The van der Waals surface area contributed by atoms with Crippen molar-refractivity contribution in [3.8, 4) is 11.5 Å². The van der Waals surface area contributed by atoms with Crippen molar-refractivity contribution in [1.82, 2.24) is 9.78 Å². The van der Waals surface area contributed by atoms with Crippen LogP contribution < -0.4 is 9.47 Å². The molecule has 3 rings (SSSR count). The summed E-state index contributed by atoms with van der Waals surface area (Å²) in [7, 11) is 1.58. The van der Waals surface area contributed by atoms with Crippen LogP contribution in [0, 0.1) is 0 Å². The second-order valence-electron chi connectivity index (χ2n) is 4.43. The number of allylic oxidation sites excluding steroid dienone is 1. The molecule has 0 saturated heterocycles. The molecule has 5 nitrogen and oxygen atoms in total. The highest BCUT2D eigenvalue weighted by molar-refractivity contribution is 6.14. The fraction of sp³-hybridized carbons (Fsp3) is 0.200. The predicted molar refractivity (Wildman–Crippen MR) is 73.8 cm³/mol. The van der Waals surface area contributed by atoms with Gasteiger partial charge in [0.25, 0.3) is 0 Å². The standard InChI is InChI=1S/C15H14N2O3/c1-3-17-9-10(8-16-17)6-14-15(18)12-5-4-11(19-2)7-13(12)20-14/h4-9H,3H2,1-2H3/b14-6-. The average Bonchev–Trinajstić information content (AvgIpc) is 3.04. The van der Waals surface area contributed by atoms with Crippen LogP contribution in [0.4, 0.5) is 0 Å². The maximum absolute atomic E-state index is 12.2. The lowest BCUT2D eigenvalue weighted by Crippen LogP contribution is -1.97. The van der Waals surface area contributed by atoms with Crippen LogP contribution in [0.25, 0.3) is 6.08 Å². The predicted octanol–water partition coefficient (Wildman–Crippen LogP) is 2.53. The van der Waals surface area contributed by atoms with Crippen LogP contribution in [0.15, 0.2) is 36.4 Å². The second kappa shape index (κ2) is 4.85. The molecular weight excluding hydrogens is 256 g/mol. The lowest BCUT2D eigenvalue weighted by molar-refractivity contribution is 0.101. The van der Waals surface area contributed by atoms with Gasteiger partial charge in [0, 0.05) is 24.4 Å². The first-order valence-corrected chi connectivity index (χ1v) is 6.36. The quantitative estimate of drug-likeness (QED) is 0.804. The fourth-order valence-electron chi connectivity index (χ4n) is 2.07. The van der Waals surface area contributed by atoms with Gasteiger partial charge in [0.2, 0.25) is 5.78 Å². The fourth-order valence-corrected chi connectivity index (χ4v) is 2.07. The SMILES string of the molecule is CCn1cc(/C=C2\Oc3cc(OC)ccc3C2=O)cn1. The molecule has 20 heavy (non-hydrogen) atoms. The minimum atomic E-state index is -0.119. The Kier molecular flexibility index (Phi) is 3.02. The first kappa shape index (κ1) is 12.5. The molecule has 0 fully saturated rings. The summed E-state index contributed by atoms with van der Waals surface area (Å²) >= 11 is 0. The van der Waals surface area contributed by atoms with Crippen LogP contribution in [-0.4, -0.2) is 22.7 Å². The number of carbonyl (C=O) groups is 1. The Hall–Kier alpha value is -2.56. The van der Waals surface area contributed by atoms with Crippen LogP contribution in [0.3, 0.4) is 0 Å². The number of methoxy groups -OCH3 is 1. The zero-order valence-corrected chi connectivity index (χ0v) is 11.3. The number of fused-ring (bicyclic) bond motifs is 1. The van der Waals surface area contributed by atoms with Crippen LogP contribution in [-0.2, 0) is 6.54 Å². The van der Waals surface area contributed by atoms with E-state index in [-0.39, 0.29) is 5.78 Å². The molecule has 0 amide bonds. The normalized spacial score (nSPS) is 15.3. The molecule has 1 aromatic heterocycles. The number of ketones is 1. The maximum atomic E-state index is 12.2. The Balaban J connectivity index is 1.92. The van der Waals surface area contributed by atoms with Crippen molar-refractivity contribution in [2.75, 3.05) is 7.11 Å². The highest BCUT2D eigenvalue weighted by Crippen LogP contribution is 2.34. The summed E-state index contributed by atoms with van der Waals surface area (Å²) < 4.78 is 12.5. The van der Waals surface area contributed by atoms with Crippen molar-refractivity contribution in [3.63, 3.8) is 0 Å². The molecule has 1 aromatic carbocycles. The molecule has 0 N–H and O–H groups in total. The van der Waals surface area contributed by atoms with Crippen molar-refractivity contribution in [2.45, 2.75) is 13.5 Å². The van der Waals surface area contributed by atoms with Crippen LogP contribution in [0.5, 0.6) is 11.5 Å². The topological polar surface area (TPSA) is 53.4 Å². The number of hydrogen-bond donors (Lipinski definition) is 0. The van der Waals surface area contributed by atoms with E-state index in [0.29, 0.717) is 22.8 Å². The second-order valence-corrected chi connectivity index (χ2v) is 4.43. The molecule has 0 spiro atoms. The van der Waals surface area contributed by atoms with Gasteiger partial charge < -0.3 is 9.47 Å². The van der Waals surface area contributed by atoms with Gasteiger partial charge in [-0.15, -0.1) is 0 Å². The van der Waals surface area contributed by atoms with E-state index in [9.17, 15) is 4.79 Å². The summed E-state index contributed by atoms with van der Waals surface area (Å²) in [6.07, 6.45) is 5.28. The molecule has 0 saturated carbocycles. The van der Waals surface area contributed by atoms with Gasteiger partial charge in [-0.25, -0.2) is 0 Å². The molecule has 2 heterocycles. The number of nitrogens with zero attached hydrogens (tertiary/aromatic N) is 2. The highest BCUT2D eigenvalue weighted by atomic mass is 16.5. The molecule has 5 heteroatoms. The zero-order chi connectivity index (χ0) is 14.1. The van der Waals surface area contributed by atoms with Gasteiger partial charge in [-0.3, -0.25) is 9.48 Å². The van der Waals surface area contributed by atoms with Crippen molar-refractivity contribution in [1.29, 1.82) is 0 Å². The molecular formula is C15H14N2O3. The molecule has 0 radical (unpaired) electrons. The zero-order valence-electron chi connectivity index (χ0n) is 11.3. The van der Waals surface area contributed by atoms with Gasteiger partial charge in [-0.1, -0.05) is 0 Å². The van der Waals surface area contributed by atoms with Crippen LogP contribution in [0.1, 0.15) is 22.8 Å². The number of aryl methyl sites for hydroxylation is 1. The van der Waals surface area contributed by atoms with E-state index >= 15 is 0 Å². The van der Waals surface area contributed by atoms with Crippen molar-refractivity contribution < 1.29 is 14.3 Å². The van der Waals surface area contributed by atoms with E-state index in [2.05, 4.69) is 5.10 Å². The monoisotopic (exact) mass is 270 g/mol. The number of ether oxygens (including phenoxy) is 2. The minimum Gasteiger partial charge on any atom is -0.497 e. The van der Waals surface area contributed by atoms with Crippen LogP contribution in [0.2, 0.25) is 0 Å². The Labute approximate surface area is 116 Å². The number of aromatic nitrogens is 2. The molecule has 102 valence electrons. The van der Waals surface area contributed by atoms with Gasteiger partial charge in [0.15, 0.2) is 5.76 Å². The van der Waals surface area contributed by atoms with E-state index < -0.39 is 0 Å². The third-order valence-electron chi connectivity index (χ3n) is 3.15. The number of benzene rings is 1. The first-order valence-electron chi connectivity index (χ1n) is 6.36. The summed E-state index contributed by atoms with van der Waals surface area (Å²) in [6.45, 7) is 2.79. The number of rotatable bonds is 3. The van der Waals surface area contributed by atoms with Crippen molar-refractivity contribution >= 4 is 11.9 Å². The number of carbonyl (C=O) groups excluding carboxylic acids is 1. The Bertz CT molecular complexity index is 701. The summed E-state index contributed by atoms with van der Waals surface area (Å²) in [4.78, 5) is 12.2. The lowest BCUT2D eigenvalue weighted by atomic mass is 10.1. The molecule has 1 aliphatic heterocycles. The van der Waals surface area contributed by atoms with Gasteiger partial charge in [-0.05, 0) is 25.1 Å². The third kappa shape index (κ3) is 2.07. The molecule has 0 atom stereocenters. The Morgan fingerprint density at radius 2 is 2.30 bits per heavy atom. The molecule has 0 unspecified atom stereocenters. The summed E-state index contributed by atoms with van der Waals surface area (Å²) in [5.41, 5.74) is 1.40. The highest BCUT2D eigenvalue weighted by Gasteiger charge is 2.27. The molecule has 0 bridgehead atoms.